The minimum atomic E-state index is -3.66. The van der Waals surface area contributed by atoms with Gasteiger partial charge in [0.2, 0.25) is 15.9 Å². The van der Waals surface area contributed by atoms with E-state index in [1.54, 1.807) is 24.3 Å². The van der Waals surface area contributed by atoms with Crippen LogP contribution in [0.4, 0.5) is 5.69 Å². The largest absolute Gasteiger partial charge is 0.369 e. The van der Waals surface area contributed by atoms with Gasteiger partial charge in [0, 0.05) is 45.0 Å². The van der Waals surface area contributed by atoms with Crippen LogP contribution in [-0.4, -0.2) is 69.4 Å². The van der Waals surface area contributed by atoms with Gasteiger partial charge in [-0.25, -0.2) is 13.6 Å². The van der Waals surface area contributed by atoms with Crippen molar-refractivity contribution in [2.24, 2.45) is 5.14 Å². The Hall–Kier alpha value is -1.64. The van der Waals surface area contributed by atoms with Gasteiger partial charge in [-0.05, 0) is 50.5 Å². The van der Waals surface area contributed by atoms with Gasteiger partial charge in [-0.3, -0.25) is 9.69 Å². The second-order valence-corrected chi connectivity index (χ2v) is 8.69. The van der Waals surface area contributed by atoms with Crippen LogP contribution >= 0.6 is 0 Å². The van der Waals surface area contributed by atoms with Crippen molar-refractivity contribution in [3.8, 4) is 0 Å². The molecule has 2 aliphatic heterocycles. The average Bonchev–Trinajstić information content (AvgIpc) is 2.67. The van der Waals surface area contributed by atoms with Gasteiger partial charge in [0.1, 0.15) is 0 Å². The van der Waals surface area contributed by atoms with Crippen molar-refractivity contribution in [3.05, 3.63) is 24.3 Å². The van der Waals surface area contributed by atoms with Crippen LogP contribution in [0.1, 0.15) is 26.2 Å². The zero-order valence-corrected chi connectivity index (χ0v) is 16.1. The lowest BCUT2D eigenvalue weighted by Crippen LogP contribution is -2.55. The fourth-order valence-corrected chi connectivity index (χ4v) is 4.26. The first-order chi connectivity index (χ1) is 12.4. The Morgan fingerprint density at radius 2 is 1.54 bits per heavy atom. The summed E-state index contributed by atoms with van der Waals surface area (Å²) in [4.78, 5) is 19.3. The molecule has 1 unspecified atom stereocenters. The number of piperidine rings is 1. The van der Waals surface area contributed by atoms with Crippen LogP contribution < -0.4 is 10.0 Å². The molecule has 0 radical (unpaired) electrons. The number of amides is 1. The number of sulfonamides is 1. The van der Waals surface area contributed by atoms with Crippen LogP contribution in [0.15, 0.2) is 29.2 Å². The maximum atomic E-state index is 12.7. The van der Waals surface area contributed by atoms with Crippen molar-refractivity contribution in [2.45, 2.75) is 37.1 Å². The number of carbonyl (C=O) groups is 1. The van der Waals surface area contributed by atoms with Gasteiger partial charge in [-0.2, -0.15) is 0 Å². The molecule has 2 fully saturated rings. The van der Waals surface area contributed by atoms with E-state index in [2.05, 4.69) is 9.80 Å². The molecule has 1 aromatic rings. The molecule has 3 rings (SSSR count). The first-order valence-corrected chi connectivity index (χ1v) is 10.8. The molecule has 0 aromatic heterocycles. The van der Waals surface area contributed by atoms with Crippen LogP contribution in [0.5, 0.6) is 0 Å². The standard InChI is InChI=1S/C18H28N4O3S/c1-15(18(23)22-9-3-2-4-10-22)20-11-13-21(14-12-20)16-5-7-17(8-6-16)26(19,24)25/h5-8,15H,2-4,9-14H2,1H3,(H2,19,24,25). The number of hydrogen-bond donors (Lipinski definition) is 1. The van der Waals surface area contributed by atoms with Gasteiger partial charge in [-0.15, -0.1) is 0 Å². The topological polar surface area (TPSA) is 86.9 Å². The Morgan fingerprint density at radius 3 is 2.08 bits per heavy atom. The van der Waals surface area contributed by atoms with Crippen molar-refractivity contribution >= 4 is 21.6 Å². The second kappa shape index (κ2) is 7.94. The molecule has 1 atom stereocenters. The van der Waals surface area contributed by atoms with Crippen molar-refractivity contribution in [3.63, 3.8) is 0 Å². The van der Waals surface area contributed by atoms with E-state index in [1.165, 1.54) is 6.42 Å². The van der Waals surface area contributed by atoms with Gasteiger partial charge >= 0.3 is 0 Å². The molecule has 7 nitrogen and oxygen atoms in total. The van der Waals surface area contributed by atoms with Gasteiger partial charge in [0.15, 0.2) is 0 Å². The third-order valence-electron chi connectivity index (χ3n) is 5.42. The highest BCUT2D eigenvalue weighted by atomic mass is 32.2. The SMILES string of the molecule is CC(C(=O)N1CCCCC1)N1CCN(c2ccc(S(N)(=O)=O)cc2)CC1. The van der Waals surface area contributed by atoms with E-state index in [-0.39, 0.29) is 16.8 Å². The van der Waals surface area contributed by atoms with Gasteiger partial charge in [0.05, 0.1) is 10.9 Å². The summed E-state index contributed by atoms with van der Waals surface area (Å²) in [6, 6.07) is 6.58. The van der Waals surface area contributed by atoms with E-state index in [4.69, 9.17) is 5.14 Å². The van der Waals surface area contributed by atoms with Crippen molar-refractivity contribution < 1.29 is 13.2 Å². The number of benzene rings is 1. The second-order valence-electron chi connectivity index (χ2n) is 7.12. The number of primary sulfonamides is 1. The Labute approximate surface area is 155 Å². The van der Waals surface area contributed by atoms with E-state index in [0.717, 1.165) is 57.8 Å². The maximum Gasteiger partial charge on any atom is 0.239 e. The van der Waals surface area contributed by atoms with E-state index in [1.807, 2.05) is 11.8 Å². The molecule has 0 spiro atoms. The molecule has 2 saturated heterocycles. The first kappa shape index (κ1) is 19.1. The van der Waals surface area contributed by atoms with Crippen LogP contribution in [0.25, 0.3) is 0 Å². The lowest BCUT2D eigenvalue weighted by atomic mass is 10.1. The Bertz CT molecular complexity index is 721. The number of hydrogen-bond acceptors (Lipinski definition) is 5. The highest BCUT2D eigenvalue weighted by Gasteiger charge is 2.29. The van der Waals surface area contributed by atoms with Crippen LogP contribution in [0.3, 0.4) is 0 Å². The number of anilines is 1. The minimum absolute atomic E-state index is 0.0833. The zero-order valence-electron chi connectivity index (χ0n) is 15.3. The average molecular weight is 381 g/mol. The quantitative estimate of drug-likeness (QED) is 0.837. The van der Waals surface area contributed by atoms with Crippen molar-refractivity contribution in [1.82, 2.24) is 9.80 Å². The molecule has 2 N–H and O–H groups in total. The van der Waals surface area contributed by atoms with E-state index in [0.29, 0.717) is 0 Å². The molecule has 1 amide bonds. The van der Waals surface area contributed by atoms with Gasteiger partial charge < -0.3 is 9.80 Å². The van der Waals surface area contributed by atoms with E-state index in [9.17, 15) is 13.2 Å². The Balaban J connectivity index is 1.56. The fourth-order valence-electron chi connectivity index (χ4n) is 3.75. The lowest BCUT2D eigenvalue weighted by Gasteiger charge is -2.40. The van der Waals surface area contributed by atoms with Gasteiger partial charge in [-0.1, -0.05) is 0 Å². The molecule has 2 aliphatic rings. The number of likely N-dealkylation sites (tertiary alicyclic amines) is 1. The Kier molecular flexibility index (Phi) is 5.84. The summed E-state index contributed by atoms with van der Waals surface area (Å²) < 4.78 is 22.7. The highest BCUT2D eigenvalue weighted by molar-refractivity contribution is 7.89. The molecule has 0 saturated carbocycles. The smallest absolute Gasteiger partial charge is 0.239 e. The molecule has 0 bridgehead atoms. The highest BCUT2D eigenvalue weighted by Crippen LogP contribution is 2.20. The summed E-state index contributed by atoms with van der Waals surface area (Å²) >= 11 is 0. The predicted molar refractivity (Wildman–Crippen MR) is 101 cm³/mol. The minimum Gasteiger partial charge on any atom is -0.369 e. The van der Waals surface area contributed by atoms with Gasteiger partial charge in [0.25, 0.3) is 0 Å². The van der Waals surface area contributed by atoms with E-state index < -0.39 is 10.0 Å². The summed E-state index contributed by atoms with van der Waals surface area (Å²) in [6.07, 6.45) is 3.45. The maximum absolute atomic E-state index is 12.7. The number of rotatable bonds is 4. The molecule has 144 valence electrons. The summed E-state index contributed by atoms with van der Waals surface area (Å²) in [5, 5.41) is 5.14. The van der Waals surface area contributed by atoms with Crippen LogP contribution in [0.2, 0.25) is 0 Å². The van der Waals surface area contributed by atoms with Crippen LogP contribution in [0, 0.1) is 0 Å². The lowest BCUT2D eigenvalue weighted by molar-refractivity contribution is -0.137. The molecule has 1 aromatic carbocycles. The Morgan fingerprint density at radius 1 is 0.962 bits per heavy atom. The normalized spacial score (nSPS) is 20.8. The van der Waals surface area contributed by atoms with Crippen molar-refractivity contribution in [1.29, 1.82) is 0 Å². The third-order valence-corrected chi connectivity index (χ3v) is 6.35. The fraction of sp³-hybridized carbons (Fsp3) is 0.611. The number of carbonyl (C=O) groups excluding carboxylic acids is 1. The third kappa shape index (κ3) is 4.36. The summed E-state index contributed by atoms with van der Waals surface area (Å²) in [5.74, 6) is 0.246. The molecule has 2 heterocycles. The predicted octanol–water partition coefficient (Wildman–Crippen LogP) is 0.857. The van der Waals surface area contributed by atoms with E-state index >= 15 is 0 Å². The molecule has 0 aliphatic carbocycles. The number of nitrogens with zero attached hydrogens (tertiary/aromatic N) is 3. The summed E-state index contributed by atoms with van der Waals surface area (Å²) in [6.45, 7) is 7.04. The van der Waals surface area contributed by atoms with Crippen LogP contribution in [-0.2, 0) is 14.8 Å². The zero-order chi connectivity index (χ0) is 18.7. The molecular formula is C18H28N4O3S. The first-order valence-electron chi connectivity index (χ1n) is 9.27. The molecule has 8 heteroatoms. The monoisotopic (exact) mass is 380 g/mol. The number of nitrogens with two attached hydrogens (primary N) is 1. The summed E-state index contributed by atoms with van der Waals surface area (Å²) in [5.41, 5.74) is 0.979. The van der Waals surface area contributed by atoms with Crippen molar-refractivity contribution in [2.75, 3.05) is 44.2 Å². The summed E-state index contributed by atoms with van der Waals surface area (Å²) in [7, 11) is -3.66. The molecule has 26 heavy (non-hydrogen) atoms. The molecular weight excluding hydrogens is 352 g/mol. The number of piperazine rings is 1.